The van der Waals surface area contributed by atoms with Gasteiger partial charge in [-0.2, -0.15) is 0 Å². The van der Waals surface area contributed by atoms with Gasteiger partial charge in [0.1, 0.15) is 0 Å². The third kappa shape index (κ3) is 6.28. The fraction of sp³-hybridized carbons (Fsp3) is 0.562. The third-order valence-corrected chi connectivity index (χ3v) is 11.4. The molecule has 2 aromatic heterocycles. The van der Waals surface area contributed by atoms with E-state index in [-0.39, 0.29) is 0 Å². The average molecular weight is 523 g/mol. The molecule has 2 aliphatic rings. The van der Waals surface area contributed by atoms with Crippen LogP contribution in [0.25, 0.3) is 32.3 Å². The number of benzene rings is 1. The summed E-state index contributed by atoms with van der Waals surface area (Å²) in [5.74, 6) is 0.585. The van der Waals surface area contributed by atoms with Crippen LogP contribution in [0.4, 0.5) is 0 Å². The molecule has 188 valence electrons. The summed E-state index contributed by atoms with van der Waals surface area (Å²) < 4.78 is 4.46. The van der Waals surface area contributed by atoms with E-state index >= 15 is 0 Å². The first-order chi connectivity index (χ1) is 17.2. The largest absolute Gasteiger partial charge is 0.140 e. The number of aryl methyl sites for hydroxylation is 1. The summed E-state index contributed by atoms with van der Waals surface area (Å²) in [6.07, 6.45) is 26.9. The van der Waals surface area contributed by atoms with Crippen LogP contribution in [-0.4, -0.2) is 5.25 Å². The number of unbranched alkanes of at least 4 members (excludes halogenated alkanes) is 10. The molecule has 5 rings (SSSR count). The Bertz CT molecular complexity index is 1270. The Morgan fingerprint density at radius 3 is 2.14 bits per heavy atom. The van der Waals surface area contributed by atoms with Crippen LogP contribution in [0.2, 0.25) is 0 Å². The normalized spacial score (nSPS) is 19.0. The van der Waals surface area contributed by atoms with E-state index in [0.29, 0.717) is 11.2 Å². The van der Waals surface area contributed by atoms with Gasteiger partial charge >= 0.3 is 0 Å². The Labute approximate surface area is 224 Å². The fourth-order valence-electron chi connectivity index (χ4n) is 5.68. The molecule has 3 heterocycles. The van der Waals surface area contributed by atoms with Gasteiger partial charge in [-0.05, 0) is 59.4 Å². The molecular weight excluding hydrogens is 481 g/mol. The summed E-state index contributed by atoms with van der Waals surface area (Å²) in [7, 11) is 0. The van der Waals surface area contributed by atoms with Gasteiger partial charge in [0, 0.05) is 35.4 Å². The number of allylic oxidation sites excluding steroid dienone is 2. The van der Waals surface area contributed by atoms with Crippen LogP contribution in [0.3, 0.4) is 0 Å². The maximum atomic E-state index is 2.59. The van der Waals surface area contributed by atoms with Crippen LogP contribution in [-0.2, 0) is 6.42 Å². The zero-order valence-electron chi connectivity index (χ0n) is 21.7. The molecule has 0 spiro atoms. The summed E-state index contributed by atoms with van der Waals surface area (Å²) in [5.41, 5.74) is 0. The molecule has 2 unspecified atom stereocenters. The van der Waals surface area contributed by atoms with E-state index in [2.05, 4.69) is 62.0 Å². The smallest absolute Gasteiger partial charge is 0.0386 e. The van der Waals surface area contributed by atoms with E-state index in [9.17, 15) is 0 Å². The Kier molecular flexibility index (Phi) is 9.13. The first kappa shape index (κ1) is 25.6. The second-order valence-corrected chi connectivity index (χ2v) is 14.2. The first-order valence-corrected chi connectivity index (χ1v) is 16.8. The molecule has 1 aliphatic carbocycles. The molecule has 0 bridgehead atoms. The Hall–Kier alpha value is -1.03. The summed E-state index contributed by atoms with van der Waals surface area (Å²) >= 11 is 6.18. The third-order valence-electron chi connectivity index (χ3n) is 7.72. The fourth-order valence-corrected chi connectivity index (χ4v) is 9.53. The van der Waals surface area contributed by atoms with Crippen LogP contribution in [0.1, 0.15) is 102 Å². The van der Waals surface area contributed by atoms with Crippen molar-refractivity contribution in [1.29, 1.82) is 0 Å². The van der Waals surface area contributed by atoms with E-state index in [1.165, 1.54) is 120 Å². The van der Waals surface area contributed by atoms with Gasteiger partial charge < -0.3 is 0 Å². The maximum Gasteiger partial charge on any atom is 0.0386 e. The highest BCUT2D eigenvalue weighted by atomic mass is 32.2. The van der Waals surface area contributed by atoms with E-state index in [0.717, 1.165) is 0 Å². The number of thioether (sulfide) groups is 1. The summed E-state index contributed by atoms with van der Waals surface area (Å²) in [6, 6.07) is 7.46. The molecule has 0 saturated carbocycles. The molecule has 0 saturated heterocycles. The average Bonchev–Trinajstić information content (AvgIpc) is 3.54. The van der Waals surface area contributed by atoms with Crippen molar-refractivity contribution in [2.45, 2.75) is 109 Å². The number of hydrogen-bond donors (Lipinski definition) is 0. The number of fused-ring (bicyclic) bond motifs is 5. The highest BCUT2D eigenvalue weighted by Gasteiger charge is 2.27. The second kappa shape index (κ2) is 12.5. The first-order valence-electron chi connectivity index (χ1n) is 14.3. The molecule has 1 aliphatic heterocycles. The number of hydrogen-bond acceptors (Lipinski definition) is 3. The summed E-state index contributed by atoms with van der Waals surface area (Å²) in [6.45, 7) is 4.60. The van der Waals surface area contributed by atoms with Crippen LogP contribution in [0, 0.1) is 5.92 Å². The Morgan fingerprint density at radius 1 is 0.657 bits per heavy atom. The molecule has 0 fully saturated rings. The zero-order valence-corrected chi connectivity index (χ0v) is 24.2. The zero-order chi connectivity index (χ0) is 24.0. The van der Waals surface area contributed by atoms with Gasteiger partial charge in [0.15, 0.2) is 0 Å². The van der Waals surface area contributed by atoms with Gasteiger partial charge in [0.25, 0.3) is 0 Å². The van der Waals surface area contributed by atoms with Crippen molar-refractivity contribution >= 4 is 66.8 Å². The molecule has 0 nitrogen and oxygen atoms in total. The number of thiophene rings is 2. The van der Waals surface area contributed by atoms with Gasteiger partial charge in [0.05, 0.1) is 0 Å². The van der Waals surface area contributed by atoms with Crippen molar-refractivity contribution in [3.8, 4) is 0 Å². The minimum absolute atomic E-state index is 0.585. The lowest BCUT2D eigenvalue weighted by Crippen LogP contribution is -2.28. The van der Waals surface area contributed by atoms with Gasteiger partial charge in [0.2, 0.25) is 0 Å². The molecule has 35 heavy (non-hydrogen) atoms. The monoisotopic (exact) mass is 522 g/mol. The molecule has 0 radical (unpaired) electrons. The second-order valence-electron chi connectivity index (χ2n) is 10.6. The van der Waals surface area contributed by atoms with Crippen molar-refractivity contribution in [2.75, 3.05) is 0 Å². The maximum absolute atomic E-state index is 2.59. The highest BCUT2D eigenvalue weighted by Crippen LogP contribution is 2.42. The van der Waals surface area contributed by atoms with Crippen molar-refractivity contribution in [2.24, 2.45) is 5.92 Å². The lowest BCUT2D eigenvalue weighted by atomic mass is 9.97. The van der Waals surface area contributed by atoms with Crippen LogP contribution >= 0.6 is 34.4 Å². The Balaban J connectivity index is 1.25. The van der Waals surface area contributed by atoms with Crippen molar-refractivity contribution in [1.82, 2.24) is 0 Å². The van der Waals surface area contributed by atoms with Crippen LogP contribution < -0.4 is 9.75 Å². The summed E-state index contributed by atoms with van der Waals surface area (Å²) in [4.78, 5) is 3.22. The predicted molar refractivity (Wildman–Crippen MR) is 163 cm³/mol. The van der Waals surface area contributed by atoms with E-state index in [4.69, 9.17) is 0 Å². The molecule has 3 heteroatoms. The lowest BCUT2D eigenvalue weighted by molar-refractivity contribution is 0.609. The van der Waals surface area contributed by atoms with Crippen LogP contribution in [0.5, 0.6) is 0 Å². The van der Waals surface area contributed by atoms with Crippen molar-refractivity contribution < 1.29 is 0 Å². The van der Waals surface area contributed by atoms with Crippen LogP contribution in [0.15, 0.2) is 29.2 Å². The minimum Gasteiger partial charge on any atom is -0.140 e. The van der Waals surface area contributed by atoms with Crippen molar-refractivity contribution in [3.05, 3.63) is 43.8 Å². The van der Waals surface area contributed by atoms with Gasteiger partial charge in [-0.1, -0.05) is 96.3 Å². The Morgan fingerprint density at radius 2 is 1.37 bits per heavy atom. The SMILES string of the molecule is CCCCCCCCC1=CC2C=c3c(sc4cc5sc(CCCCCCCC)cc5cc34)=CC2S1. The minimum atomic E-state index is 0.585. The lowest BCUT2D eigenvalue weighted by Gasteiger charge is -2.13. The molecule has 2 atom stereocenters. The molecular formula is C32H42S3. The molecule has 0 N–H and O–H groups in total. The van der Waals surface area contributed by atoms with E-state index < -0.39 is 0 Å². The van der Waals surface area contributed by atoms with Crippen molar-refractivity contribution in [3.63, 3.8) is 0 Å². The predicted octanol–water partition coefficient (Wildman–Crippen LogP) is 9.96. The van der Waals surface area contributed by atoms with E-state index in [1.807, 2.05) is 22.7 Å². The van der Waals surface area contributed by atoms with E-state index in [1.54, 1.807) is 9.78 Å². The molecule has 1 aromatic carbocycles. The highest BCUT2D eigenvalue weighted by molar-refractivity contribution is 8.04. The summed E-state index contributed by atoms with van der Waals surface area (Å²) in [5, 5.41) is 5.07. The quantitative estimate of drug-likeness (QED) is 0.190. The van der Waals surface area contributed by atoms with Gasteiger partial charge in [-0.25, -0.2) is 0 Å². The molecule has 3 aromatic rings. The standard InChI is InChI=1S/C32H42S3/c1-3-5-7-9-11-13-15-25-17-23-19-27-28-20-24-18-26(16-14-12-10-8-6-4-2)34-30(24)22-32(28)35-31(27)21-29(23)33-25/h17-23,29H,3-16H2,1-2H3. The number of rotatable bonds is 14. The topological polar surface area (TPSA) is 0 Å². The van der Waals surface area contributed by atoms with Gasteiger partial charge in [-0.3, -0.25) is 0 Å². The van der Waals surface area contributed by atoms with Gasteiger partial charge in [-0.15, -0.1) is 34.4 Å². The molecule has 0 amide bonds.